The predicted molar refractivity (Wildman–Crippen MR) is 89.5 cm³/mol. The van der Waals surface area contributed by atoms with Gasteiger partial charge in [0.05, 0.1) is 0 Å². The summed E-state index contributed by atoms with van der Waals surface area (Å²) in [6.45, 7) is 0. The third-order valence-electron chi connectivity index (χ3n) is 4.63. The van der Waals surface area contributed by atoms with Crippen molar-refractivity contribution in [2.45, 2.75) is 6.42 Å². The second-order valence-electron chi connectivity index (χ2n) is 5.82. The van der Waals surface area contributed by atoms with Crippen molar-refractivity contribution in [1.29, 1.82) is 0 Å². The molecule has 0 aliphatic heterocycles. The highest BCUT2D eigenvalue weighted by Gasteiger charge is 2.13. The summed E-state index contributed by atoms with van der Waals surface area (Å²) < 4.78 is 0. The average molecular weight is 266 g/mol. The van der Waals surface area contributed by atoms with E-state index in [1.165, 1.54) is 43.5 Å². The molecule has 2 aliphatic carbocycles. The highest BCUT2D eigenvalue weighted by Crippen LogP contribution is 2.29. The summed E-state index contributed by atoms with van der Waals surface area (Å²) in [5.74, 6) is 0. The third-order valence-corrected chi connectivity index (χ3v) is 4.63. The van der Waals surface area contributed by atoms with Crippen LogP contribution in [0.4, 0.5) is 0 Å². The minimum atomic E-state index is 1.04. The van der Waals surface area contributed by atoms with Gasteiger partial charge in [-0.15, -0.1) is 0 Å². The summed E-state index contributed by atoms with van der Waals surface area (Å²) in [5, 5.41) is 5.46. The molecule has 0 saturated heterocycles. The molecule has 0 heterocycles. The molecule has 0 spiro atoms. The monoisotopic (exact) mass is 266 g/mol. The molecule has 0 saturated carbocycles. The van der Waals surface area contributed by atoms with Gasteiger partial charge in [0.25, 0.3) is 0 Å². The van der Waals surface area contributed by atoms with Crippen LogP contribution in [0.5, 0.6) is 0 Å². The maximum Gasteiger partial charge on any atom is -0.00822 e. The fraction of sp³-hybridized carbons (Fsp3) is 0.0476. The van der Waals surface area contributed by atoms with E-state index in [2.05, 4.69) is 72.8 Å². The Bertz CT molecular complexity index is 1050. The van der Waals surface area contributed by atoms with E-state index in [9.17, 15) is 0 Å². The summed E-state index contributed by atoms with van der Waals surface area (Å²) in [5.41, 5.74) is 5.54. The molecular weight excluding hydrogens is 252 g/mol. The van der Waals surface area contributed by atoms with Crippen LogP contribution >= 0.6 is 0 Å². The van der Waals surface area contributed by atoms with Crippen molar-refractivity contribution >= 4 is 22.9 Å². The lowest BCUT2D eigenvalue weighted by Gasteiger charge is -2.10. The normalized spacial score (nSPS) is 14.1. The van der Waals surface area contributed by atoms with E-state index in [0.717, 1.165) is 6.42 Å². The summed E-state index contributed by atoms with van der Waals surface area (Å²) in [6.07, 6.45) is 9.95. The Morgan fingerprint density at radius 2 is 1.76 bits per heavy atom. The van der Waals surface area contributed by atoms with Gasteiger partial charge in [0.15, 0.2) is 0 Å². The summed E-state index contributed by atoms with van der Waals surface area (Å²) in [6, 6.07) is 17.9. The lowest BCUT2D eigenvalue weighted by atomic mass is 9.94. The minimum Gasteiger partial charge on any atom is -0.0801 e. The Morgan fingerprint density at radius 1 is 0.810 bits per heavy atom. The first kappa shape index (κ1) is 11.1. The van der Waals surface area contributed by atoms with Crippen LogP contribution in [0.1, 0.15) is 11.1 Å². The van der Waals surface area contributed by atoms with Crippen LogP contribution in [0.15, 0.2) is 60.7 Å². The van der Waals surface area contributed by atoms with E-state index < -0.39 is 0 Å². The molecule has 0 radical (unpaired) electrons. The lowest BCUT2D eigenvalue weighted by molar-refractivity contribution is 1.25. The number of allylic oxidation sites excluding steroid dienone is 2. The van der Waals surface area contributed by atoms with Gasteiger partial charge < -0.3 is 0 Å². The Labute approximate surface area is 123 Å². The number of benzene rings is 3. The average Bonchev–Trinajstić information content (AvgIpc) is 2.90. The first-order chi connectivity index (χ1) is 10.4. The van der Waals surface area contributed by atoms with E-state index in [4.69, 9.17) is 0 Å². The van der Waals surface area contributed by atoms with Crippen LogP contribution in [-0.4, -0.2) is 0 Å². The van der Waals surface area contributed by atoms with Crippen molar-refractivity contribution in [2.24, 2.45) is 0 Å². The van der Waals surface area contributed by atoms with E-state index in [1.54, 1.807) is 0 Å². The van der Waals surface area contributed by atoms with Crippen LogP contribution in [0.2, 0.25) is 0 Å². The Balaban J connectivity index is 1.92. The van der Waals surface area contributed by atoms with Gasteiger partial charge >= 0.3 is 0 Å². The van der Waals surface area contributed by atoms with Crippen molar-refractivity contribution in [1.82, 2.24) is 0 Å². The van der Waals surface area contributed by atoms with E-state index in [1.807, 2.05) is 0 Å². The van der Waals surface area contributed by atoms with E-state index in [0.29, 0.717) is 0 Å². The molecule has 0 N–H and O–H groups in total. The number of rotatable bonds is 0. The zero-order chi connectivity index (χ0) is 13.8. The van der Waals surface area contributed by atoms with Gasteiger partial charge in [0.2, 0.25) is 0 Å². The van der Waals surface area contributed by atoms with Crippen LogP contribution in [0.3, 0.4) is 0 Å². The van der Waals surface area contributed by atoms with Crippen LogP contribution in [-0.2, 0) is 6.42 Å². The smallest absolute Gasteiger partial charge is 0.00822 e. The molecule has 3 aromatic rings. The summed E-state index contributed by atoms with van der Waals surface area (Å²) >= 11 is 0. The number of hydrogen-bond donors (Lipinski definition) is 0. The third kappa shape index (κ3) is 1.50. The molecule has 0 aromatic heterocycles. The Hall–Kier alpha value is -2.60. The molecule has 0 bridgehead atoms. The lowest BCUT2D eigenvalue weighted by Crippen LogP contribution is -2.12. The van der Waals surface area contributed by atoms with Gasteiger partial charge in [-0.3, -0.25) is 0 Å². The topological polar surface area (TPSA) is 0 Å². The number of hydrogen-bond acceptors (Lipinski definition) is 0. The van der Waals surface area contributed by atoms with Crippen LogP contribution < -0.4 is 10.4 Å². The quantitative estimate of drug-likeness (QED) is 0.456. The highest BCUT2D eigenvalue weighted by atomic mass is 14.2. The van der Waals surface area contributed by atoms with Crippen molar-refractivity contribution in [3.05, 3.63) is 82.2 Å². The van der Waals surface area contributed by atoms with Gasteiger partial charge in [-0.05, 0) is 68.1 Å². The molecule has 21 heavy (non-hydrogen) atoms. The van der Waals surface area contributed by atoms with Crippen LogP contribution in [0, 0.1) is 0 Å². The molecule has 0 unspecified atom stereocenters. The van der Waals surface area contributed by atoms with Gasteiger partial charge in [-0.1, -0.05) is 54.6 Å². The maximum absolute atomic E-state index is 2.39. The van der Waals surface area contributed by atoms with Crippen LogP contribution in [0.25, 0.3) is 34.1 Å². The zero-order valence-corrected chi connectivity index (χ0v) is 11.6. The highest BCUT2D eigenvalue weighted by molar-refractivity contribution is 5.95. The largest absolute Gasteiger partial charge is 0.0801 e. The maximum atomic E-state index is 2.39. The van der Waals surface area contributed by atoms with Gasteiger partial charge in [0.1, 0.15) is 0 Å². The summed E-state index contributed by atoms with van der Waals surface area (Å²) in [4.78, 5) is 0. The van der Waals surface area contributed by atoms with Crippen molar-refractivity contribution < 1.29 is 0 Å². The van der Waals surface area contributed by atoms with Crippen molar-refractivity contribution in [3.8, 4) is 11.1 Å². The number of fused-ring (bicyclic) bond motifs is 6. The molecule has 5 rings (SSSR count). The summed E-state index contributed by atoms with van der Waals surface area (Å²) in [7, 11) is 0. The van der Waals surface area contributed by atoms with Crippen molar-refractivity contribution in [3.63, 3.8) is 0 Å². The Morgan fingerprint density at radius 3 is 2.76 bits per heavy atom. The van der Waals surface area contributed by atoms with Gasteiger partial charge in [-0.2, -0.15) is 0 Å². The molecule has 0 amide bonds. The molecule has 0 atom stereocenters. The predicted octanol–water partition coefficient (Wildman–Crippen LogP) is 3.54. The second-order valence-corrected chi connectivity index (χ2v) is 5.82. The molecule has 0 heteroatoms. The Kier molecular flexibility index (Phi) is 2.09. The fourth-order valence-electron chi connectivity index (χ4n) is 3.60. The molecule has 0 nitrogen and oxygen atoms in total. The molecular formula is C21H14. The zero-order valence-electron chi connectivity index (χ0n) is 11.6. The first-order valence-electron chi connectivity index (χ1n) is 7.44. The van der Waals surface area contributed by atoms with E-state index in [-0.39, 0.29) is 0 Å². The fourth-order valence-corrected chi connectivity index (χ4v) is 3.60. The van der Waals surface area contributed by atoms with E-state index >= 15 is 0 Å². The molecule has 98 valence electrons. The molecule has 2 aliphatic rings. The molecule has 0 fully saturated rings. The SMILES string of the molecule is C1=CCc2c(ccc3cc4c(cc23)-c2ccccc2C=4)=C1. The molecule has 3 aromatic carbocycles. The minimum absolute atomic E-state index is 1.04. The standard InChI is InChI=1S/C21H14/c1-3-7-18-14(5-1)9-10-16-12-17-11-15-6-2-4-8-19(15)21(17)13-20(16)18/h1-6,8-13H,7H2. The van der Waals surface area contributed by atoms with Gasteiger partial charge in [0, 0.05) is 0 Å². The van der Waals surface area contributed by atoms with Crippen molar-refractivity contribution in [2.75, 3.05) is 0 Å². The first-order valence-corrected chi connectivity index (χ1v) is 7.44. The van der Waals surface area contributed by atoms with Gasteiger partial charge in [-0.25, -0.2) is 0 Å². The second kappa shape index (κ2) is 3.95.